The first-order chi connectivity index (χ1) is 26.0. The number of benzene rings is 3. The van der Waals surface area contributed by atoms with E-state index in [4.69, 9.17) is 9.47 Å². The van der Waals surface area contributed by atoms with E-state index < -0.39 is 40.1 Å². The number of fused-ring (bicyclic) bond motifs is 1. The molecule has 5 rings (SSSR count). The fourth-order valence-electron chi connectivity index (χ4n) is 5.65. The van der Waals surface area contributed by atoms with E-state index in [0.717, 1.165) is 22.3 Å². The van der Waals surface area contributed by atoms with Gasteiger partial charge in [-0.1, -0.05) is 52.0 Å². The molecule has 16 heteroatoms. The molecule has 0 aliphatic carbocycles. The summed E-state index contributed by atoms with van der Waals surface area (Å²) in [6.45, 7) is 8.71. The Kier molecular flexibility index (Phi) is 12.2. The van der Waals surface area contributed by atoms with Crippen molar-refractivity contribution in [3.05, 3.63) is 96.4 Å². The molecule has 0 aliphatic rings. The third kappa shape index (κ3) is 9.45. The summed E-state index contributed by atoms with van der Waals surface area (Å²) >= 11 is 0. The lowest BCUT2D eigenvalue weighted by atomic mass is 10.00. The fourth-order valence-corrected chi connectivity index (χ4v) is 6.28. The molecule has 0 fully saturated rings. The van der Waals surface area contributed by atoms with Crippen LogP contribution in [-0.4, -0.2) is 71.7 Å². The Hall–Kier alpha value is -5.87. The first-order valence-electron chi connectivity index (χ1n) is 17.4. The number of hydrogen-bond acceptors (Lipinski definition) is 10. The summed E-state index contributed by atoms with van der Waals surface area (Å²) in [5, 5.41) is 20.2. The fraction of sp³-hybridized carbons (Fsp3) is 0.308. The Morgan fingerprint density at radius 1 is 0.891 bits per heavy atom. The molecule has 55 heavy (non-hydrogen) atoms. The highest BCUT2D eigenvalue weighted by Gasteiger charge is 2.33. The Balaban J connectivity index is 1.47. The SMILES string of the molecule is COc1cc(S(C)(=O)=O)ccc1N(C(=O)O[C@H](N[C@H](C(=O)O)C(C)C)C(C)C)c1nc2ccc(-c3ccc(NC(=O)[C@H](C)c4ccc(F)cc4)cc3)cn2n1. The van der Waals surface area contributed by atoms with Gasteiger partial charge in [0.25, 0.3) is 5.95 Å². The van der Waals surface area contributed by atoms with Crippen molar-refractivity contribution < 1.29 is 41.8 Å². The summed E-state index contributed by atoms with van der Waals surface area (Å²) in [6, 6.07) is 19.3. The Bertz CT molecular complexity index is 2300. The highest BCUT2D eigenvalue weighted by molar-refractivity contribution is 7.90. The number of halogens is 1. The van der Waals surface area contributed by atoms with E-state index >= 15 is 0 Å². The summed E-state index contributed by atoms with van der Waals surface area (Å²) in [6.07, 6.45) is 0.707. The van der Waals surface area contributed by atoms with Gasteiger partial charge >= 0.3 is 12.1 Å². The van der Waals surface area contributed by atoms with Gasteiger partial charge in [0, 0.05) is 35.7 Å². The Labute approximate surface area is 318 Å². The Morgan fingerprint density at radius 2 is 1.55 bits per heavy atom. The van der Waals surface area contributed by atoms with Crippen molar-refractivity contribution in [2.75, 3.05) is 23.6 Å². The first kappa shape index (κ1) is 40.3. The lowest BCUT2D eigenvalue weighted by Crippen LogP contribution is -2.51. The van der Waals surface area contributed by atoms with Crippen LogP contribution in [0.25, 0.3) is 16.8 Å². The van der Waals surface area contributed by atoms with Crippen molar-refractivity contribution in [1.29, 1.82) is 0 Å². The van der Waals surface area contributed by atoms with Gasteiger partial charge in [-0.15, -0.1) is 5.10 Å². The lowest BCUT2D eigenvalue weighted by molar-refractivity contribution is -0.142. The number of nitrogens with zero attached hydrogens (tertiary/aromatic N) is 4. The van der Waals surface area contributed by atoms with Gasteiger partial charge in [0.2, 0.25) is 5.91 Å². The van der Waals surface area contributed by atoms with E-state index in [9.17, 15) is 32.3 Å². The lowest BCUT2D eigenvalue weighted by Gasteiger charge is -2.30. The van der Waals surface area contributed by atoms with Gasteiger partial charge < -0.3 is 19.9 Å². The molecule has 0 radical (unpaired) electrons. The van der Waals surface area contributed by atoms with Crippen molar-refractivity contribution in [1.82, 2.24) is 19.9 Å². The highest BCUT2D eigenvalue weighted by Crippen LogP contribution is 2.36. The number of ether oxygens (including phenoxy) is 2. The largest absolute Gasteiger partial charge is 0.495 e. The number of rotatable bonds is 14. The minimum atomic E-state index is -3.65. The molecule has 5 aromatic rings. The third-order valence-electron chi connectivity index (χ3n) is 8.88. The van der Waals surface area contributed by atoms with Crippen molar-refractivity contribution in [2.24, 2.45) is 11.8 Å². The van der Waals surface area contributed by atoms with E-state index in [1.807, 2.05) is 12.1 Å². The second-order valence-electron chi connectivity index (χ2n) is 13.7. The van der Waals surface area contributed by atoms with Gasteiger partial charge in [-0.3, -0.25) is 14.9 Å². The van der Waals surface area contributed by atoms with Gasteiger partial charge in [-0.2, -0.15) is 4.98 Å². The zero-order valence-electron chi connectivity index (χ0n) is 31.3. The highest BCUT2D eigenvalue weighted by atomic mass is 32.2. The van der Waals surface area contributed by atoms with E-state index in [0.29, 0.717) is 16.9 Å². The van der Waals surface area contributed by atoms with Gasteiger partial charge in [-0.05, 0) is 72.5 Å². The van der Waals surface area contributed by atoms with E-state index in [-0.39, 0.29) is 45.8 Å². The number of sulfone groups is 1. The molecule has 2 aromatic heterocycles. The van der Waals surface area contributed by atoms with Gasteiger partial charge in [0.05, 0.1) is 23.6 Å². The maximum atomic E-state index is 14.1. The van der Waals surface area contributed by atoms with Crippen molar-refractivity contribution in [3.8, 4) is 16.9 Å². The molecular weight excluding hydrogens is 732 g/mol. The Morgan fingerprint density at radius 3 is 2.13 bits per heavy atom. The summed E-state index contributed by atoms with van der Waals surface area (Å²) < 4.78 is 51.0. The number of carboxylic acids is 1. The molecule has 3 atom stereocenters. The van der Waals surface area contributed by atoms with Crippen LogP contribution in [0.1, 0.15) is 46.1 Å². The monoisotopic (exact) mass is 774 g/mol. The number of aromatic nitrogens is 3. The van der Waals surface area contributed by atoms with E-state index in [2.05, 4.69) is 20.7 Å². The minimum absolute atomic E-state index is 0.0123. The molecule has 14 nitrogen and oxygen atoms in total. The molecule has 290 valence electrons. The predicted octanol–water partition coefficient (Wildman–Crippen LogP) is 6.65. The summed E-state index contributed by atoms with van der Waals surface area (Å²) in [7, 11) is -2.33. The topological polar surface area (TPSA) is 182 Å². The molecule has 3 N–H and O–H groups in total. The molecule has 0 aliphatic heterocycles. The van der Waals surface area contributed by atoms with Crippen molar-refractivity contribution in [2.45, 2.75) is 57.7 Å². The molecule has 2 amide bonds. The number of pyridine rings is 1. The average molecular weight is 775 g/mol. The standard InChI is InChI=1S/C39H43FN6O8S/c1-22(2)34(37(48)49)43-36(23(3)4)54-39(50)46(31-18-17-30(55(7,51)52)20-32(31)53-6)38-42-33-19-12-27(21-45(33)44-38)26-10-15-29(16-11-26)41-35(47)24(5)25-8-13-28(40)14-9-25/h8-24,34,36,43H,1-7H3,(H,41,47)(H,48,49)/t24-,34+,36+/m1/s1. The normalized spacial score (nSPS) is 13.3. The number of carbonyl (C=O) groups excluding carboxylic acids is 2. The molecule has 3 aromatic carbocycles. The molecule has 0 bridgehead atoms. The van der Waals surface area contributed by atoms with Gasteiger partial charge in [0.1, 0.15) is 17.6 Å². The third-order valence-corrected chi connectivity index (χ3v) is 9.99. The first-order valence-corrected chi connectivity index (χ1v) is 19.3. The van der Waals surface area contributed by atoms with Gasteiger partial charge in [0.15, 0.2) is 21.7 Å². The zero-order valence-corrected chi connectivity index (χ0v) is 32.2. The van der Waals surface area contributed by atoms with E-state index in [1.165, 1.54) is 42.0 Å². The molecule has 0 saturated heterocycles. The minimum Gasteiger partial charge on any atom is -0.495 e. The van der Waals surface area contributed by atoms with Crippen LogP contribution in [0.4, 0.5) is 26.5 Å². The van der Waals surface area contributed by atoms with Gasteiger partial charge in [-0.25, -0.2) is 27.0 Å². The molecule has 2 heterocycles. The van der Waals surface area contributed by atoms with Crippen LogP contribution in [-0.2, 0) is 24.2 Å². The number of anilines is 3. The number of amides is 2. The number of nitrogens with one attached hydrogen (secondary N) is 2. The van der Waals surface area contributed by atoms with Crippen LogP contribution in [0.3, 0.4) is 0 Å². The van der Waals surface area contributed by atoms with Crippen LogP contribution < -0.4 is 20.3 Å². The number of carbonyl (C=O) groups is 3. The summed E-state index contributed by atoms with van der Waals surface area (Å²) in [5.41, 5.74) is 3.18. The maximum absolute atomic E-state index is 14.1. The quantitative estimate of drug-likeness (QED) is 0.103. The van der Waals surface area contributed by atoms with E-state index in [1.54, 1.807) is 77.2 Å². The predicted molar refractivity (Wildman–Crippen MR) is 205 cm³/mol. The van der Waals surface area contributed by atoms with Crippen LogP contribution in [0.2, 0.25) is 0 Å². The number of aliphatic carboxylic acids is 1. The molecule has 0 unspecified atom stereocenters. The molecular formula is C39H43FN6O8S. The van der Waals surface area contributed by atoms with Crippen LogP contribution in [0.15, 0.2) is 90.0 Å². The molecule has 0 spiro atoms. The smallest absolute Gasteiger partial charge is 0.423 e. The summed E-state index contributed by atoms with van der Waals surface area (Å²) in [5.74, 6) is -3.07. The number of carboxylic acid groups (broad SMARTS) is 1. The van der Waals surface area contributed by atoms with Crippen LogP contribution in [0, 0.1) is 17.7 Å². The summed E-state index contributed by atoms with van der Waals surface area (Å²) in [4.78, 5) is 44.6. The number of methoxy groups -OCH3 is 1. The van der Waals surface area contributed by atoms with Crippen LogP contribution in [0.5, 0.6) is 5.75 Å². The zero-order chi connectivity index (χ0) is 40.2. The molecule has 0 saturated carbocycles. The second kappa shape index (κ2) is 16.7. The van der Waals surface area contributed by atoms with Crippen molar-refractivity contribution in [3.63, 3.8) is 0 Å². The van der Waals surface area contributed by atoms with Crippen molar-refractivity contribution >= 4 is 50.8 Å². The second-order valence-corrected chi connectivity index (χ2v) is 15.7. The maximum Gasteiger partial charge on any atom is 0.423 e. The number of hydrogen-bond donors (Lipinski definition) is 3. The van der Waals surface area contributed by atoms with Crippen LogP contribution >= 0.6 is 0 Å². The average Bonchev–Trinajstić information content (AvgIpc) is 3.55.